The summed E-state index contributed by atoms with van der Waals surface area (Å²) in [6.07, 6.45) is 0.646. The van der Waals surface area contributed by atoms with Gasteiger partial charge in [-0.15, -0.1) is 0 Å². The Bertz CT molecular complexity index is 793. The van der Waals surface area contributed by atoms with Crippen molar-refractivity contribution in [3.63, 3.8) is 0 Å². The Morgan fingerprint density at radius 3 is 2.15 bits per heavy atom. The highest BCUT2D eigenvalue weighted by Gasteiger charge is 2.22. The normalized spacial score (nSPS) is 12.3. The molecule has 5 heteroatoms. The number of hydrogen-bond donors (Lipinski definition) is 3. The van der Waals surface area contributed by atoms with Gasteiger partial charge < -0.3 is 16.8 Å². The predicted molar refractivity (Wildman–Crippen MR) is 111 cm³/mol. The maximum Gasteiger partial charge on any atom is 0.244 e. The third-order valence-electron chi connectivity index (χ3n) is 3.68. The number of nitrogens with one attached hydrogen (secondary N) is 1. The summed E-state index contributed by atoms with van der Waals surface area (Å²) >= 11 is 1.36. The Hall–Kier alpha value is -2.50. The van der Waals surface area contributed by atoms with Crippen molar-refractivity contribution in [1.82, 2.24) is 5.32 Å². The second-order valence-corrected chi connectivity index (χ2v) is 7.76. The quantitative estimate of drug-likeness (QED) is 0.698. The largest absolute Gasteiger partial charge is 0.398 e. The van der Waals surface area contributed by atoms with Gasteiger partial charge in [-0.3, -0.25) is 4.79 Å². The van der Waals surface area contributed by atoms with Crippen molar-refractivity contribution in [3.05, 3.63) is 88.3 Å². The van der Waals surface area contributed by atoms with Crippen molar-refractivity contribution in [2.45, 2.75) is 25.8 Å². The van der Waals surface area contributed by atoms with Crippen molar-refractivity contribution in [1.29, 1.82) is 0 Å². The van der Waals surface area contributed by atoms with Gasteiger partial charge in [0.05, 0.1) is 10.6 Å². The van der Waals surface area contributed by atoms with Gasteiger partial charge in [-0.05, 0) is 25.0 Å². The molecule has 0 aromatic heterocycles. The van der Waals surface area contributed by atoms with E-state index in [1.807, 2.05) is 60.7 Å². The summed E-state index contributed by atoms with van der Waals surface area (Å²) in [5.74, 6) is -0.285. The summed E-state index contributed by atoms with van der Waals surface area (Å²) in [4.78, 5) is 13.0. The Morgan fingerprint density at radius 1 is 1.08 bits per heavy atom. The van der Waals surface area contributed by atoms with E-state index in [4.69, 9.17) is 11.5 Å². The minimum Gasteiger partial charge on any atom is -0.398 e. The van der Waals surface area contributed by atoms with Crippen LogP contribution in [0.2, 0.25) is 0 Å². The summed E-state index contributed by atoms with van der Waals surface area (Å²) in [6.45, 7) is 7.26. The van der Waals surface area contributed by atoms with Gasteiger partial charge >= 0.3 is 0 Å². The molecule has 26 heavy (non-hydrogen) atoms. The molecule has 0 saturated heterocycles. The lowest BCUT2D eigenvalue weighted by atomic mass is 10.1. The van der Waals surface area contributed by atoms with Gasteiger partial charge in [-0.2, -0.15) is 0 Å². The molecule has 5 N–H and O–H groups in total. The van der Waals surface area contributed by atoms with Crippen molar-refractivity contribution < 1.29 is 4.79 Å². The molecule has 0 atom stereocenters. The van der Waals surface area contributed by atoms with Gasteiger partial charge in [0.1, 0.15) is 0 Å². The lowest BCUT2D eigenvalue weighted by molar-refractivity contribution is -0.124. The van der Waals surface area contributed by atoms with Gasteiger partial charge in [-0.1, -0.05) is 79.0 Å². The van der Waals surface area contributed by atoms with Crippen molar-refractivity contribution in [2.24, 2.45) is 11.5 Å². The van der Waals surface area contributed by atoms with Gasteiger partial charge in [-0.25, -0.2) is 0 Å². The molecule has 0 aliphatic rings. The fourth-order valence-corrected chi connectivity index (χ4v) is 3.12. The first-order valence-electron chi connectivity index (χ1n) is 8.32. The highest BCUT2D eigenvalue weighted by Crippen LogP contribution is 2.31. The molecule has 0 unspecified atom stereocenters. The van der Waals surface area contributed by atoms with Crippen LogP contribution in [0, 0.1) is 0 Å². The number of allylic oxidation sites excluding steroid dienone is 1. The standard InChI is InChI=1S/C21H25N3OS/c1-15(24-20(25)21(2,3)23)26-18(14-16-10-6-4-7-11-16)19(22)17-12-8-5-9-13-17/h4-13H,1,14,22-23H2,2-3H3,(H,24,25)/b19-18-. The molecular weight excluding hydrogens is 342 g/mol. The first kappa shape index (κ1) is 19.8. The monoisotopic (exact) mass is 367 g/mol. The zero-order valence-corrected chi connectivity index (χ0v) is 16.0. The number of amides is 1. The molecule has 0 bridgehead atoms. The topological polar surface area (TPSA) is 81.1 Å². The predicted octanol–water partition coefficient (Wildman–Crippen LogP) is 3.61. The van der Waals surface area contributed by atoms with E-state index in [1.54, 1.807) is 13.8 Å². The minimum atomic E-state index is -0.974. The first-order valence-corrected chi connectivity index (χ1v) is 9.14. The van der Waals surface area contributed by atoms with E-state index >= 15 is 0 Å². The third-order valence-corrected chi connectivity index (χ3v) is 4.64. The van der Waals surface area contributed by atoms with Crippen LogP contribution in [-0.2, 0) is 11.2 Å². The Kier molecular flexibility index (Phi) is 6.66. The zero-order chi connectivity index (χ0) is 19.2. The van der Waals surface area contributed by atoms with E-state index in [0.717, 1.165) is 16.0 Å². The van der Waals surface area contributed by atoms with Crippen LogP contribution in [0.15, 0.2) is 77.2 Å². The van der Waals surface area contributed by atoms with Crippen molar-refractivity contribution in [2.75, 3.05) is 0 Å². The lowest BCUT2D eigenvalue weighted by Gasteiger charge is -2.20. The molecule has 0 aliphatic carbocycles. The van der Waals surface area contributed by atoms with Gasteiger partial charge in [0.15, 0.2) is 0 Å². The highest BCUT2D eigenvalue weighted by molar-refractivity contribution is 8.06. The Morgan fingerprint density at radius 2 is 1.62 bits per heavy atom. The highest BCUT2D eigenvalue weighted by atomic mass is 32.2. The van der Waals surface area contributed by atoms with Crippen LogP contribution in [0.1, 0.15) is 25.0 Å². The van der Waals surface area contributed by atoms with E-state index in [0.29, 0.717) is 17.1 Å². The maximum atomic E-state index is 12.1. The molecular formula is C21H25N3OS. The van der Waals surface area contributed by atoms with Crippen molar-refractivity contribution >= 4 is 23.4 Å². The molecule has 0 spiro atoms. The average Bonchev–Trinajstić information content (AvgIpc) is 2.61. The summed E-state index contributed by atoms with van der Waals surface area (Å²) in [7, 11) is 0. The number of carbonyl (C=O) groups is 1. The molecule has 2 aromatic carbocycles. The fourth-order valence-electron chi connectivity index (χ4n) is 2.21. The first-order chi connectivity index (χ1) is 12.3. The minimum absolute atomic E-state index is 0.285. The van der Waals surface area contributed by atoms with Crippen LogP contribution in [-0.4, -0.2) is 11.4 Å². The number of benzene rings is 2. The number of hydrogen-bond acceptors (Lipinski definition) is 4. The second kappa shape index (κ2) is 8.74. The summed E-state index contributed by atoms with van der Waals surface area (Å²) in [5.41, 5.74) is 14.0. The molecule has 136 valence electrons. The van der Waals surface area contributed by atoms with E-state index in [-0.39, 0.29) is 5.91 Å². The van der Waals surface area contributed by atoms with Gasteiger partial charge in [0.25, 0.3) is 0 Å². The van der Waals surface area contributed by atoms with Gasteiger partial charge in [0.2, 0.25) is 5.91 Å². The van der Waals surface area contributed by atoms with Crippen LogP contribution >= 0.6 is 11.8 Å². The number of rotatable bonds is 7. The van der Waals surface area contributed by atoms with Gasteiger partial charge in [0, 0.05) is 17.0 Å². The SMILES string of the molecule is C=C(NC(=O)C(C)(C)N)S/C(Cc1ccccc1)=C(\N)c1ccccc1. The maximum absolute atomic E-state index is 12.1. The number of thioether (sulfide) groups is 1. The molecule has 0 heterocycles. The molecule has 4 nitrogen and oxygen atoms in total. The molecule has 1 amide bonds. The van der Waals surface area contributed by atoms with E-state index < -0.39 is 5.54 Å². The van der Waals surface area contributed by atoms with Crippen LogP contribution in [0.5, 0.6) is 0 Å². The fraction of sp³-hybridized carbons (Fsp3) is 0.190. The summed E-state index contributed by atoms with van der Waals surface area (Å²) in [6, 6.07) is 19.8. The molecule has 0 saturated carbocycles. The van der Waals surface area contributed by atoms with E-state index in [1.165, 1.54) is 11.8 Å². The second-order valence-electron chi connectivity index (χ2n) is 6.57. The van der Waals surface area contributed by atoms with Crippen LogP contribution in [0.3, 0.4) is 0 Å². The van der Waals surface area contributed by atoms with E-state index in [2.05, 4.69) is 11.9 Å². The molecule has 2 aromatic rings. The van der Waals surface area contributed by atoms with Crippen LogP contribution < -0.4 is 16.8 Å². The number of carbonyl (C=O) groups excluding carboxylic acids is 1. The molecule has 0 aliphatic heterocycles. The summed E-state index contributed by atoms with van der Waals surface area (Å²) in [5, 5.41) is 3.26. The Balaban J connectivity index is 2.26. The van der Waals surface area contributed by atoms with Crippen molar-refractivity contribution in [3.8, 4) is 0 Å². The van der Waals surface area contributed by atoms with E-state index in [9.17, 15) is 4.79 Å². The molecule has 0 radical (unpaired) electrons. The molecule has 2 rings (SSSR count). The third kappa shape index (κ3) is 5.79. The average molecular weight is 368 g/mol. The molecule has 0 fully saturated rings. The Labute approximate surface area is 159 Å². The smallest absolute Gasteiger partial charge is 0.244 e. The zero-order valence-electron chi connectivity index (χ0n) is 15.2. The summed E-state index contributed by atoms with van der Waals surface area (Å²) < 4.78 is 0. The lowest BCUT2D eigenvalue weighted by Crippen LogP contribution is -2.48. The van der Waals surface area contributed by atoms with Crippen LogP contribution in [0.25, 0.3) is 5.70 Å². The van der Waals surface area contributed by atoms with Crippen LogP contribution in [0.4, 0.5) is 0 Å². The number of nitrogens with two attached hydrogens (primary N) is 2.